The maximum Gasteiger partial charge on any atom is 0.227 e. The van der Waals surface area contributed by atoms with E-state index in [-0.39, 0.29) is 11.3 Å². The summed E-state index contributed by atoms with van der Waals surface area (Å²) in [5.74, 6) is 0.218. The number of carbonyl (C=O) groups is 1. The molecule has 1 amide bonds. The Kier molecular flexibility index (Phi) is 5.40. The minimum atomic E-state index is 0.0343. The van der Waals surface area contributed by atoms with Gasteiger partial charge in [-0.2, -0.15) is 0 Å². The molecule has 116 valence electrons. The number of carbonyl (C=O) groups excluding carboxylic acids is 1. The molecule has 1 fully saturated rings. The molecule has 0 heterocycles. The van der Waals surface area contributed by atoms with Crippen LogP contribution in [0.4, 0.5) is 5.69 Å². The van der Waals surface area contributed by atoms with Crippen LogP contribution in [0.3, 0.4) is 0 Å². The molecule has 2 rings (SSSR count). The van der Waals surface area contributed by atoms with Crippen molar-refractivity contribution in [2.75, 3.05) is 18.0 Å². The molecular weight excluding hydrogens is 260 g/mol. The number of hydrogen-bond donors (Lipinski definition) is 1. The normalized spacial score (nSPS) is 17.5. The number of amides is 1. The first-order valence-electron chi connectivity index (χ1n) is 8.17. The van der Waals surface area contributed by atoms with Crippen molar-refractivity contribution >= 4 is 11.6 Å². The van der Waals surface area contributed by atoms with E-state index in [0.29, 0.717) is 19.5 Å². The average Bonchev–Trinajstić information content (AvgIpc) is 2.49. The van der Waals surface area contributed by atoms with Crippen molar-refractivity contribution < 1.29 is 4.79 Å². The van der Waals surface area contributed by atoms with Crippen LogP contribution < -0.4 is 10.6 Å². The van der Waals surface area contributed by atoms with Crippen LogP contribution in [0.2, 0.25) is 0 Å². The molecule has 0 spiro atoms. The molecule has 21 heavy (non-hydrogen) atoms. The summed E-state index contributed by atoms with van der Waals surface area (Å²) in [6.45, 7) is 5.44. The van der Waals surface area contributed by atoms with Crippen LogP contribution in [-0.2, 0) is 4.79 Å². The molecule has 1 aliphatic carbocycles. The van der Waals surface area contributed by atoms with Gasteiger partial charge >= 0.3 is 0 Å². The third kappa shape index (κ3) is 3.85. The molecule has 0 atom stereocenters. The lowest BCUT2D eigenvalue weighted by Gasteiger charge is -2.37. The molecule has 0 unspecified atom stereocenters. The fourth-order valence-corrected chi connectivity index (χ4v) is 3.47. The Morgan fingerprint density at radius 3 is 2.57 bits per heavy atom. The molecule has 0 saturated heterocycles. The van der Waals surface area contributed by atoms with E-state index in [1.807, 2.05) is 24.0 Å². The maximum absolute atomic E-state index is 12.8. The Balaban J connectivity index is 2.12. The summed E-state index contributed by atoms with van der Waals surface area (Å²) < 4.78 is 0. The second kappa shape index (κ2) is 7.08. The van der Waals surface area contributed by atoms with Gasteiger partial charge in [-0.25, -0.2) is 0 Å². The Bertz CT molecular complexity index is 478. The topological polar surface area (TPSA) is 46.3 Å². The number of anilines is 1. The van der Waals surface area contributed by atoms with E-state index in [1.165, 1.54) is 24.8 Å². The Morgan fingerprint density at radius 2 is 2.00 bits per heavy atom. The van der Waals surface area contributed by atoms with Crippen molar-refractivity contribution in [2.45, 2.75) is 52.4 Å². The van der Waals surface area contributed by atoms with Gasteiger partial charge in [-0.3, -0.25) is 4.79 Å². The highest BCUT2D eigenvalue weighted by molar-refractivity contribution is 5.93. The molecule has 1 aromatic carbocycles. The van der Waals surface area contributed by atoms with Gasteiger partial charge in [-0.15, -0.1) is 0 Å². The van der Waals surface area contributed by atoms with Crippen LogP contribution in [0.1, 0.15) is 51.0 Å². The van der Waals surface area contributed by atoms with Crippen molar-refractivity contribution in [3.05, 3.63) is 29.8 Å². The standard InChI is InChI=1S/C18H28N2O/c1-3-20(16-9-7-8-15(2)12-16)17(21)13-18(14-19)10-5-4-6-11-18/h7-9,12H,3-6,10-11,13-14,19H2,1-2H3. The van der Waals surface area contributed by atoms with Gasteiger partial charge in [-0.05, 0) is 56.3 Å². The molecule has 0 aromatic heterocycles. The van der Waals surface area contributed by atoms with E-state index < -0.39 is 0 Å². The van der Waals surface area contributed by atoms with Crippen LogP contribution in [0.5, 0.6) is 0 Å². The first kappa shape index (κ1) is 16.0. The van der Waals surface area contributed by atoms with Gasteiger partial charge in [0.1, 0.15) is 0 Å². The number of rotatable bonds is 5. The van der Waals surface area contributed by atoms with Crippen molar-refractivity contribution in [1.82, 2.24) is 0 Å². The molecule has 2 N–H and O–H groups in total. The number of benzene rings is 1. The zero-order chi connectivity index (χ0) is 15.3. The Morgan fingerprint density at radius 1 is 1.29 bits per heavy atom. The summed E-state index contributed by atoms with van der Waals surface area (Å²) in [6.07, 6.45) is 6.49. The predicted octanol–water partition coefficient (Wildman–Crippen LogP) is 3.65. The highest BCUT2D eigenvalue weighted by atomic mass is 16.2. The minimum Gasteiger partial charge on any atom is -0.330 e. The summed E-state index contributed by atoms with van der Waals surface area (Å²) >= 11 is 0. The number of nitrogens with two attached hydrogens (primary N) is 1. The van der Waals surface area contributed by atoms with Gasteiger partial charge in [0.15, 0.2) is 0 Å². The molecule has 3 heteroatoms. The lowest BCUT2D eigenvalue weighted by molar-refractivity contribution is -0.121. The SMILES string of the molecule is CCN(C(=O)CC1(CN)CCCCC1)c1cccc(C)c1. The van der Waals surface area contributed by atoms with Crippen molar-refractivity contribution in [3.8, 4) is 0 Å². The smallest absolute Gasteiger partial charge is 0.227 e. The first-order chi connectivity index (χ1) is 10.1. The Hall–Kier alpha value is -1.35. The van der Waals surface area contributed by atoms with Crippen molar-refractivity contribution in [3.63, 3.8) is 0 Å². The third-order valence-electron chi connectivity index (χ3n) is 4.80. The first-order valence-corrected chi connectivity index (χ1v) is 8.17. The number of hydrogen-bond acceptors (Lipinski definition) is 2. The lowest BCUT2D eigenvalue weighted by atomic mass is 9.71. The highest BCUT2D eigenvalue weighted by Crippen LogP contribution is 2.39. The summed E-state index contributed by atoms with van der Waals surface area (Å²) in [4.78, 5) is 14.7. The van der Waals surface area contributed by atoms with Crippen LogP contribution in [0.25, 0.3) is 0 Å². The molecular formula is C18H28N2O. The van der Waals surface area contributed by atoms with E-state index in [2.05, 4.69) is 19.1 Å². The summed E-state index contributed by atoms with van der Waals surface area (Å²) in [5.41, 5.74) is 8.24. The third-order valence-corrected chi connectivity index (χ3v) is 4.80. The second-order valence-electron chi connectivity index (χ2n) is 6.42. The van der Waals surface area contributed by atoms with Gasteiger partial charge in [0.05, 0.1) is 0 Å². The largest absolute Gasteiger partial charge is 0.330 e. The van der Waals surface area contributed by atoms with Crippen molar-refractivity contribution in [1.29, 1.82) is 0 Å². The molecule has 1 aliphatic rings. The van der Waals surface area contributed by atoms with Crippen LogP contribution in [0, 0.1) is 12.3 Å². The van der Waals surface area contributed by atoms with E-state index >= 15 is 0 Å². The van der Waals surface area contributed by atoms with E-state index in [4.69, 9.17) is 5.73 Å². The van der Waals surface area contributed by atoms with Gasteiger partial charge < -0.3 is 10.6 Å². The van der Waals surface area contributed by atoms with Crippen LogP contribution >= 0.6 is 0 Å². The number of aryl methyl sites for hydroxylation is 1. The summed E-state index contributed by atoms with van der Waals surface area (Å²) in [5, 5.41) is 0. The average molecular weight is 288 g/mol. The van der Waals surface area contributed by atoms with Gasteiger partial charge in [0.25, 0.3) is 0 Å². The number of nitrogens with zero attached hydrogens (tertiary/aromatic N) is 1. The van der Waals surface area contributed by atoms with Crippen molar-refractivity contribution in [2.24, 2.45) is 11.1 Å². The maximum atomic E-state index is 12.8. The van der Waals surface area contributed by atoms with Gasteiger partial charge in [0, 0.05) is 18.7 Å². The molecule has 0 radical (unpaired) electrons. The minimum absolute atomic E-state index is 0.0343. The molecule has 0 bridgehead atoms. The second-order valence-corrected chi connectivity index (χ2v) is 6.42. The highest BCUT2D eigenvalue weighted by Gasteiger charge is 2.34. The quantitative estimate of drug-likeness (QED) is 0.899. The fourth-order valence-electron chi connectivity index (χ4n) is 3.47. The van der Waals surface area contributed by atoms with E-state index in [1.54, 1.807) is 0 Å². The summed E-state index contributed by atoms with van der Waals surface area (Å²) in [7, 11) is 0. The molecule has 1 aromatic rings. The molecule has 3 nitrogen and oxygen atoms in total. The summed E-state index contributed by atoms with van der Waals surface area (Å²) in [6, 6.07) is 8.17. The van der Waals surface area contributed by atoms with Crippen LogP contribution in [0.15, 0.2) is 24.3 Å². The predicted molar refractivity (Wildman–Crippen MR) is 88.4 cm³/mol. The van der Waals surface area contributed by atoms with Crippen LogP contribution in [-0.4, -0.2) is 19.0 Å². The zero-order valence-electron chi connectivity index (χ0n) is 13.4. The monoisotopic (exact) mass is 288 g/mol. The van der Waals surface area contributed by atoms with Gasteiger partial charge in [0.2, 0.25) is 5.91 Å². The zero-order valence-corrected chi connectivity index (χ0v) is 13.4. The van der Waals surface area contributed by atoms with E-state index in [9.17, 15) is 4.79 Å². The van der Waals surface area contributed by atoms with Gasteiger partial charge in [-0.1, -0.05) is 31.4 Å². The lowest BCUT2D eigenvalue weighted by Crippen LogP contribution is -2.40. The Labute approximate surface area is 128 Å². The van der Waals surface area contributed by atoms with E-state index in [0.717, 1.165) is 18.5 Å². The molecule has 1 saturated carbocycles. The fraction of sp³-hybridized carbons (Fsp3) is 0.611. The molecule has 0 aliphatic heterocycles.